The summed E-state index contributed by atoms with van der Waals surface area (Å²) in [6.45, 7) is 0. The second-order valence-electron chi connectivity index (χ2n) is 5.14. The first kappa shape index (κ1) is 14.9. The number of nitrogens with zero attached hydrogens (tertiary/aromatic N) is 3. The standard InChI is InChI=1S/C16H15N5O2/c17-14(10-11-4-2-1-3-5-11)16-18-15(19-20-16)12-6-8-13(9-7-12)21(22)23/h1-9,14H,10,17H2,(H,18,19,20). The second-order valence-corrected chi connectivity index (χ2v) is 5.14. The fourth-order valence-corrected chi connectivity index (χ4v) is 2.27. The Kier molecular flexibility index (Phi) is 4.11. The van der Waals surface area contributed by atoms with E-state index in [0.717, 1.165) is 5.56 Å². The van der Waals surface area contributed by atoms with Gasteiger partial charge in [0.2, 0.25) is 0 Å². The average molecular weight is 309 g/mol. The first-order valence-electron chi connectivity index (χ1n) is 7.10. The van der Waals surface area contributed by atoms with Gasteiger partial charge in [-0.25, -0.2) is 4.98 Å². The number of aromatic amines is 1. The molecule has 1 heterocycles. The van der Waals surface area contributed by atoms with E-state index >= 15 is 0 Å². The predicted octanol–water partition coefficient (Wildman–Crippen LogP) is 2.62. The van der Waals surface area contributed by atoms with E-state index in [1.165, 1.54) is 12.1 Å². The maximum atomic E-state index is 10.7. The van der Waals surface area contributed by atoms with E-state index in [9.17, 15) is 10.1 Å². The van der Waals surface area contributed by atoms with Gasteiger partial charge in [-0.1, -0.05) is 30.3 Å². The van der Waals surface area contributed by atoms with Crippen molar-refractivity contribution in [3.63, 3.8) is 0 Å². The van der Waals surface area contributed by atoms with Crippen LogP contribution in [0, 0.1) is 10.1 Å². The van der Waals surface area contributed by atoms with Gasteiger partial charge in [0.1, 0.15) is 5.82 Å². The first-order chi connectivity index (χ1) is 11.1. The van der Waals surface area contributed by atoms with Crippen LogP contribution in [0.5, 0.6) is 0 Å². The quantitative estimate of drug-likeness (QED) is 0.556. The molecule has 1 aromatic heterocycles. The van der Waals surface area contributed by atoms with Crippen LogP contribution >= 0.6 is 0 Å². The molecule has 0 saturated carbocycles. The third kappa shape index (κ3) is 3.41. The van der Waals surface area contributed by atoms with Crippen molar-refractivity contribution in [3.05, 3.63) is 76.1 Å². The minimum atomic E-state index is -0.442. The summed E-state index contributed by atoms with van der Waals surface area (Å²) in [6, 6.07) is 15.7. The van der Waals surface area contributed by atoms with Gasteiger partial charge in [-0.05, 0) is 24.1 Å². The summed E-state index contributed by atoms with van der Waals surface area (Å²) in [5, 5.41) is 17.6. The van der Waals surface area contributed by atoms with Crippen molar-refractivity contribution in [2.24, 2.45) is 5.73 Å². The van der Waals surface area contributed by atoms with Crippen molar-refractivity contribution in [1.29, 1.82) is 0 Å². The molecule has 3 aromatic rings. The average Bonchev–Trinajstić information content (AvgIpc) is 3.06. The number of non-ortho nitro benzene ring substituents is 1. The van der Waals surface area contributed by atoms with Crippen LogP contribution in [0.25, 0.3) is 11.4 Å². The number of hydrogen-bond acceptors (Lipinski definition) is 5. The maximum absolute atomic E-state index is 10.7. The molecule has 0 aliphatic heterocycles. The van der Waals surface area contributed by atoms with E-state index in [4.69, 9.17) is 5.73 Å². The van der Waals surface area contributed by atoms with Crippen molar-refractivity contribution in [3.8, 4) is 11.4 Å². The Morgan fingerprint density at radius 2 is 1.83 bits per heavy atom. The van der Waals surface area contributed by atoms with Crippen molar-refractivity contribution >= 4 is 5.69 Å². The molecule has 1 atom stereocenters. The number of aromatic nitrogens is 3. The molecule has 0 radical (unpaired) electrons. The van der Waals surface area contributed by atoms with E-state index in [0.29, 0.717) is 23.6 Å². The summed E-state index contributed by atoms with van der Waals surface area (Å²) in [4.78, 5) is 14.6. The van der Waals surface area contributed by atoms with Crippen LogP contribution < -0.4 is 5.73 Å². The smallest absolute Gasteiger partial charge is 0.269 e. The molecule has 7 heteroatoms. The Morgan fingerprint density at radius 3 is 2.48 bits per heavy atom. The number of hydrogen-bond donors (Lipinski definition) is 2. The molecule has 2 aromatic carbocycles. The molecule has 0 spiro atoms. The Bertz CT molecular complexity index is 799. The Morgan fingerprint density at radius 1 is 1.13 bits per heavy atom. The minimum absolute atomic E-state index is 0.0327. The minimum Gasteiger partial charge on any atom is -0.321 e. The van der Waals surface area contributed by atoms with Gasteiger partial charge in [0.25, 0.3) is 5.69 Å². The molecule has 7 nitrogen and oxygen atoms in total. The summed E-state index contributed by atoms with van der Waals surface area (Å²) in [5.74, 6) is 1.06. The number of benzene rings is 2. The summed E-state index contributed by atoms with van der Waals surface area (Å²) in [7, 11) is 0. The van der Waals surface area contributed by atoms with E-state index in [1.807, 2.05) is 30.3 Å². The summed E-state index contributed by atoms with van der Waals surface area (Å²) >= 11 is 0. The highest BCUT2D eigenvalue weighted by atomic mass is 16.6. The number of nitro groups is 1. The van der Waals surface area contributed by atoms with Gasteiger partial charge in [0.05, 0.1) is 11.0 Å². The highest BCUT2D eigenvalue weighted by Crippen LogP contribution is 2.21. The van der Waals surface area contributed by atoms with Crippen LogP contribution in [0.1, 0.15) is 17.4 Å². The van der Waals surface area contributed by atoms with Gasteiger partial charge in [0, 0.05) is 17.7 Å². The molecule has 0 bridgehead atoms. The van der Waals surface area contributed by atoms with E-state index in [-0.39, 0.29) is 11.7 Å². The van der Waals surface area contributed by atoms with E-state index in [2.05, 4.69) is 15.2 Å². The zero-order valence-corrected chi connectivity index (χ0v) is 12.2. The van der Waals surface area contributed by atoms with Crippen LogP contribution in [0.4, 0.5) is 5.69 Å². The van der Waals surface area contributed by atoms with Crippen molar-refractivity contribution in [2.45, 2.75) is 12.5 Å². The molecule has 3 N–H and O–H groups in total. The zero-order valence-electron chi connectivity index (χ0n) is 12.2. The molecule has 0 fully saturated rings. The second kappa shape index (κ2) is 6.37. The molecule has 116 valence electrons. The number of rotatable bonds is 5. The van der Waals surface area contributed by atoms with Gasteiger partial charge in [-0.3, -0.25) is 15.2 Å². The molecule has 1 unspecified atom stereocenters. The molecular formula is C16H15N5O2. The van der Waals surface area contributed by atoms with Gasteiger partial charge in [-0.15, -0.1) is 0 Å². The van der Waals surface area contributed by atoms with Gasteiger partial charge in [0.15, 0.2) is 5.82 Å². The molecular weight excluding hydrogens is 294 g/mol. The SMILES string of the molecule is NC(Cc1ccccc1)c1nc(-c2ccc([N+](=O)[O-])cc2)n[nH]1. The summed E-state index contributed by atoms with van der Waals surface area (Å²) in [5.41, 5.74) is 8.01. The topological polar surface area (TPSA) is 111 Å². The third-order valence-corrected chi connectivity index (χ3v) is 3.49. The molecule has 0 aliphatic carbocycles. The maximum Gasteiger partial charge on any atom is 0.269 e. The highest BCUT2D eigenvalue weighted by Gasteiger charge is 2.14. The van der Waals surface area contributed by atoms with Crippen LogP contribution in [0.15, 0.2) is 54.6 Å². The molecule has 0 aliphatic rings. The van der Waals surface area contributed by atoms with Gasteiger partial charge < -0.3 is 5.73 Å². The fourth-order valence-electron chi connectivity index (χ4n) is 2.27. The third-order valence-electron chi connectivity index (χ3n) is 3.49. The lowest BCUT2D eigenvalue weighted by Gasteiger charge is -2.07. The van der Waals surface area contributed by atoms with E-state index < -0.39 is 4.92 Å². The molecule has 3 rings (SSSR count). The van der Waals surface area contributed by atoms with Gasteiger partial charge in [-0.2, -0.15) is 5.10 Å². The predicted molar refractivity (Wildman–Crippen MR) is 85.5 cm³/mol. The Labute approximate surface area is 132 Å². The lowest BCUT2D eigenvalue weighted by Crippen LogP contribution is -2.15. The van der Waals surface area contributed by atoms with Crippen LogP contribution in [0.2, 0.25) is 0 Å². The number of H-pyrrole nitrogens is 1. The largest absolute Gasteiger partial charge is 0.321 e. The monoisotopic (exact) mass is 309 g/mol. The number of nitrogens with two attached hydrogens (primary N) is 1. The summed E-state index contributed by atoms with van der Waals surface area (Å²) < 4.78 is 0. The number of nitrogens with one attached hydrogen (secondary N) is 1. The fraction of sp³-hybridized carbons (Fsp3) is 0.125. The number of nitro benzene ring substituents is 1. The normalized spacial score (nSPS) is 12.0. The first-order valence-corrected chi connectivity index (χ1v) is 7.10. The van der Waals surface area contributed by atoms with Gasteiger partial charge >= 0.3 is 0 Å². The van der Waals surface area contributed by atoms with Crippen molar-refractivity contribution < 1.29 is 4.92 Å². The summed E-state index contributed by atoms with van der Waals surface area (Å²) in [6.07, 6.45) is 0.649. The van der Waals surface area contributed by atoms with E-state index in [1.54, 1.807) is 12.1 Å². The van der Waals surface area contributed by atoms with Crippen molar-refractivity contribution in [2.75, 3.05) is 0 Å². The molecule has 0 saturated heterocycles. The van der Waals surface area contributed by atoms with Crippen LogP contribution in [0.3, 0.4) is 0 Å². The molecule has 23 heavy (non-hydrogen) atoms. The lowest BCUT2D eigenvalue weighted by atomic mass is 10.1. The van der Waals surface area contributed by atoms with Crippen molar-refractivity contribution in [1.82, 2.24) is 15.2 Å². The van der Waals surface area contributed by atoms with Crippen LogP contribution in [-0.4, -0.2) is 20.1 Å². The lowest BCUT2D eigenvalue weighted by molar-refractivity contribution is -0.384. The molecule has 0 amide bonds. The van der Waals surface area contributed by atoms with Crippen LogP contribution in [-0.2, 0) is 6.42 Å². The Hall–Kier alpha value is -3.06. The highest BCUT2D eigenvalue weighted by molar-refractivity contribution is 5.56. The Balaban J connectivity index is 1.76. The zero-order chi connectivity index (χ0) is 16.2.